The van der Waals surface area contributed by atoms with Crippen LogP contribution in [0.4, 0.5) is 23.1 Å². The van der Waals surface area contributed by atoms with Gasteiger partial charge in [0.25, 0.3) is 0 Å². The van der Waals surface area contributed by atoms with Crippen LogP contribution in [0.5, 0.6) is 0 Å². The molecular formula is C25H20N6O4. The highest BCUT2D eigenvalue weighted by Crippen LogP contribution is 2.27. The van der Waals surface area contributed by atoms with E-state index in [1.165, 1.54) is 0 Å². The lowest BCUT2D eigenvalue weighted by Gasteiger charge is -2.13. The molecule has 5 aromatic rings. The number of aryl methyl sites for hydroxylation is 2. The minimum absolute atomic E-state index is 0.161. The summed E-state index contributed by atoms with van der Waals surface area (Å²) in [6.45, 7) is 4.08. The van der Waals surface area contributed by atoms with Crippen LogP contribution < -0.4 is 21.2 Å². The van der Waals surface area contributed by atoms with Crippen molar-refractivity contribution in [2.45, 2.75) is 13.8 Å². The molecule has 2 N–H and O–H groups in total. The molecule has 0 radical (unpaired) electrons. The highest BCUT2D eigenvalue weighted by atomic mass is 16.7. The fraction of sp³-hybridized carbons (Fsp3) is 0.0800. The summed E-state index contributed by atoms with van der Waals surface area (Å²) < 4.78 is 5.85. The topological polar surface area (TPSA) is 124 Å². The number of rotatable bonds is 7. The molecular weight excluding hydrogens is 448 g/mol. The van der Waals surface area contributed by atoms with Gasteiger partial charge in [0.1, 0.15) is 11.3 Å². The van der Waals surface area contributed by atoms with E-state index in [1.54, 1.807) is 36.8 Å². The number of carbonyl (C=O) groups excluding carboxylic acids is 1. The maximum absolute atomic E-state index is 11.9. The van der Waals surface area contributed by atoms with E-state index in [0.29, 0.717) is 23.0 Å². The van der Waals surface area contributed by atoms with E-state index in [9.17, 15) is 9.59 Å². The molecule has 0 aliphatic rings. The summed E-state index contributed by atoms with van der Waals surface area (Å²) in [4.78, 5) is 40.4. The summed E-state index contributed by atoms with van der Waals surface area (Å²) in [5, 5.41) is 6.45. The fourth-order valence-corrected chi connectivity index (χ4v) is 3.71. The second kappa shape index (κ2) is 9.10. The first-order chi connectivity index (χ1) is 17.0. The van der Waals surface area contributed by atoms with Gasteiger partial charge in [-0.1, -0.05) is 10.8 Å². The number of aromatic nitrogens is 4. The van der Waals surface area contributed by atoms with Crippen LogP contribution in [-0.4, -0.2) is 26.2 Å². The third-order valence-corrected chi connectivity index (χ3v) is 5.40. The predicted octanol–water partition coefficient (Wildman–Crippen LogP) is 4.14. The normalized spacial score (nSPS) is 10.8. The molecule has 0 amide bonds. The molecule has 3 heterocycles. The van der Waals surface area contributed by atoms with Gasteiger partial charge in [-0.2, -0.15) is 4.98 Å². The van der Waals surface area contributed by atoms with E-state index < -0.39 is 5.76 Å². The highest BCUT2D eigenvalue weighted by Gasteiger charge is 2.13. The Labute approximate surface area is 199 Å². The Morgan fingerprint density at radius 2 is 1.74 bits per heavy atom. The number of hydrogen-bond acceptors (Lipinski definition) is 9. The summed E-state index contributed by atoms with van der Waals surface area (Å²) >= 11 is 0. The number of benzene rings is 2. The lowest BCUT2D eigenvalue weighted by atomic mass is 10.0. The van der Waals surface area contributed by atoms with Crippen LogP contribution in [0, 0.1) is 13.8 Å². The zero-order valence-corrected chi connectivity index (χ0v) is 18.9. The summed E-state index contributed by atoms with van der Waals surface area (Å²) in [7, 11) is 0. The Balaban J connectivity index is 1.40. The van der Waals surface area contributed by atoms with Gasteiger partial charge in [0, 0.05) is 35.5 Å². The molecule has 0 bridgehead atoms. The minimum atomic E-state index is -0.792. The largest absolute Gasteiger partial charge is 0.453 e. The Morgan fingerprint density at radius 3 is 2.51 bits per heavy atom. The number of pyridine rings is 1. The van der Waals surface area contributed by atoms with Gasteiger partial charge >= 0.3 is 12.2 Å². The summed E-state index contributed by atoms with van der Waals surface area (Å²) in [5.74, 6) is 0.194. The quantitative estimate of drug-likeness (QED) is 0.339. The van der Waals surface area contributed by atoms with Crippen molar-refractivity contribution in [2.24, 2.45) is 0 Å². The Kier molecular flexibility index (Phi) is 5.68. The maximum Gasteiger partial charge on any atom is 0.453 e. The van der Waals surface area contributed by atoms with Gasteiger partial charge in [0.15, 0.2) is 5.58 Å². The standard InChI is InChI=1S/C25H20N6O4/c1-15-11-18(3-5-20(15)17-7-9-26-10-8-17)29-24-27-13-16(2)23(30-24)28-19-4-6-22-21(12-19)31(34-14-32)25(33)35-22/h3-14H,1-2H3,(H2,27,28,29,30). The van der Waals surface area contributed by atoms with Crippen LogP contribution in [0.1, 0.15) is 11.1 Å². The number of carbonyl (C=O) groups is 1. The van der Waals surface area contributed by atoms with E-state index in [2.05, 4.69) is 25.6 Å². The Bertz CT molecular complexity index is 1590. The predicted molar refractivity (Wildman–Crippen MR) is 131 cm³/mol. The molecule has 2 aromatic carbocycles. The van der Waals surface area contributed by atoms with E-state index in [4.69, 9.17) is 9.25 Å². The number of fused-ring (bicyclic) bond motifs is 1. The second-order valence-corrected chi connectivity index (χ2v) is 7.79. The van der Waals surface area contributed by atoms with Gasteiger partial charge in [0.05, 0.1) is 0 Å². The van der Waals surface area contributed by atoms with Crippen molar-refractivity contribution in [3.63, 3.8) is 0 Å². The number of hydrogen-bond donors (Lipinski definition) is 2. The van der Waals surface area contributed by atoms with Crippen molar-refractivity contribution in [3.05, 3.63) is 88.8 Å². The number of oxazole rings is 1. The molecule has 0 saturated heterocycles. The molecule has 0 fully saturated rings. The molecule has 0 unspecified atom stereocenters. The highest BCUT2D eigenvalue weighted by molar-refractivity contribution is 5.79. The van der Waals surface area contributed by atoms with Crippen LogP contribution in [0.2, 0.25) is 0 Å². The first kappa shape index (κ1) is 21.8. The lowest BCUT2D eigenvalue weighted by Crippen LogP contribution is -2.21. The van der Waals surface area contributed by atoms with Crippen molar-refractivity contribution in [3.8, 4) is 11.1 Å². The van der Waals surface area contributed by atoms with E-state index in [-0.39, 0.29) is 12.1 Å². The van der Waals surface area contributed by atoms with Crippen molar-refractivity contribution in [1.82, 2.24) is 19.7 Å². The molecule has 174 valence electrons. The SMILES string of the molecule is Cc1cc(Nc2ncc(C)c(Nc3ccc4oc(=O)n(OC=O)c4c3)n2)ccc1-c1ccncc1. The van der Waals surface area contributed by atoms with Crippen LogP contribution in [0.15, 0.2) is 76.3 Å². The maximum atomic E-state index is 11.9. The minimum Gasteiger partial charge on any atom is -0.405 e. The Hall–Kier alpha value is -4.99. The average Bonchev–Trinajstić information content (AvgIpc) is 3.16. The van der Waals surface area contributed by atoms with Gasteiger partial charge in [-0.3, -0.25) is 9.78 Å². The van der Waals surface area contributed by atoms with Crippen molar-refractivity contribution >= 4 is 40.7 Å². The van der Waals surface area contributed by atoms with Crippen LogP contribution in [-0.2, 0) is 4.79 Å². The zero-order valence-electron chi connectivity index (χ0n) is 18.9. The second-order valence-electron chi connectivity index (χ2n) is 7.79. The van der Waals surface area contributed by atoms with Gasteiger partial charge in [-0.05, 0) is 73.0 Å². The monoisotopic (exact) mass is 468 g/mol. The molecule has 0 spiro atoms. The molecule has 3 aromatic heterocycles. The van der Waals surface area contributed by atoms with Gasteiger partial charge in [0.2, 0.25) is 5.95 Å². The molecule has 0 aliphatic heterocycles. The number of nitrogens with one attached hydrogen (secondary N) is 2. The number of anilines is 4. The van der Waals surface area contributed by atoms with E-state index in [0.717, 1.165) is 32.7 Å². The molecule has 35 heavy (non-hydrogen) atoms. The summed E-state index contributed by atoms with van der Waals surface area (Å²) in [5.41, 5.74) is 6.20. The lowest BCUT2D eigenvalue weighted by molar-refractivity contribution is -0.129. The van der Waals surface area contributed by atoms with Gasteiger partial charge in [-0.15, -0.1) is 0 Å². The molecule has 0 saturated carbocycles. The molecule has 10 heteroatoms. The molecule has 10 nitrogen and oxygen atoms in total. The first-order valence-corrected chi connectivity index (χ1v) is 10.7. The Morgan fingerprint density at radius 1 is 0.971 bits per heavy atom. The van der Waals surface area contributed by atoms with Gasteiger partial charge < -0.3 is 19.9 Å². The average molecular weight is 468 g/mol. The number of nitrogens with zero attached hydrogens (tertiary/aromatic N) is 4. The fourth-order valence-electron chi connectivity index (χ4n) is 3.71. The first-order valence-electron chi connectivity index (χ1n) is 10.7. The van der Waals surface area contributed by atoms with Gasteiger partial charge in [-0.25, -0.2) is 9.78 Å². The van der Waals surface area contributed by atoms with Crippen molar-refractivity contribution < 1.29 is 14.0 Å². The van der Waals surface area contributed by atoms with E-state index in [1.807, 2.05) is 44.2 Å². The van der Waals surface area contributed by atoms with E-state index >= 15 is 0 Å². The zero-order chi connectivity index (χ0) is 24.4. The van der Waals surface area contributed by atoms with Crippen molar-refractivity contribution in [1.29, 1.82) is 0 Å². The summed E-state index contributed by atoms with van der Waals surface area (Å²) in [6, 6.07) is 15.0. The third-order valence-electron chi connectivity index (χ3n) is 5.40. The smallest absolute Gasteiger partial charge is 0.405 e. The van der Waals surface area contributed by atoms with Crippen LogP contribution >= 0.6 is 0 Å². The molecule has 0 aliphatic carbocycles. The molecule has 0 atom stereocenters. The van der Waals surface area contributed by atoms with Crippen LogP contribution in [0.3, 0.4) is 0 Å². The summed E-state index contributed by atoms with van der Waals surface area (Å²) in [6.07, 6.45) is 5.25. The van der Waals surface area contributed by atoms with Crippen LogP contribution in [0.25, 0.3) is 22.2 Å². The molecule has 5 rings (SSSR count). The van der Waals surface area contributed by atoms with Crippen molar-refractivity contribution in [2.75, 3.05) is 10.6 Å². The third kappa shape index (κ3) is 4.44.